The maximum atomic E-state index is 12.7. The molecule has 0 N–H and O–H groups in total. The highest BCUT2D eigenvalue weighted by molar-refractivity contribution is 7.13. The van der Waals surface area contributed by atoms with Crippen LogP contribution in [-0.4, -0.2) is 56.4 Å². The van der Waals surface area contributed by atoms with E-state index in [-0.39, 0.29) is 17.9 Å². The first-order chi connectivity index (χ1) is 16.6. The van der Waals surface area contributed by atoms with Gasteiger partial charge in [-0.15, -0.1) is 11.3 Å². The van der Waals surface area contributed by atoms with Crippen molar-refractivity contribution >= 4 is 39.7 Å². The molecule has 0 radical (unpaired) electrons. The second-order valence-electron chi connectivity index (χ2n) is 8.32. The Hall–Kier alpha value is -3.07. The lowest BCUT2D eigenvalue weighted by Crippen LogP contribution is -2.48. The van der Waals surface area contributed by atoms with E-state index in [9.17, 15) is 9.59 Å². The van der Waals surface area contributed by atoms with Crippen molar-refractivity contribution in [2.45, 2.75) is 19.5 Å². The van der Waals surface area contributed by atoms with Gasteiger partial charge in [0.1, 0.15) is 5.01 Å². The third-order valence-corrected chi connectivity index (χ3v) is 7.24. The summed E-state index contributed by atoms with van der Waals surface area (Å²) >= 11 is 7.61. The number of thiazole rings is 1. The third-order valence-electron chi connectivity index (χ3n) is 6.05. The number of aromatic nitrogens is 3. The molecule has 3 heterocycles. The molecule has 1 aliphatic rings. The van der Waals surface area contributed by atoms with E-state index in [0.717, 1.165) is 35.9 Å². The van der Waals surface area contributed by atoms with Crippen LogP contribution in [0.2, 0.25) is 5.02 Å². The van der Waals surface area contributed by atoms with E-state index in [1.54, 1.807) is 17.4 Å². The molecule has 2 aromatic heterocycles. The highest BCUT2D eigenvalue weighted by atomic mass is 35.5. The van der Waals surface area contributed by atoms with E-state index in [0.29, 0.717) is 35.6 Å². The fourth-order valence-corrected chi connectivity index (χ4v) is 5.07. The van der Waals surface area contributed by atoms with Crippen molar-refractivity contribution in [1.82, 2.24) is 24.3 Å². The first-order valence-electron chi connectivity index (χ1n) is 11.2. The number of piperazine rings is 1. The maximum absolute atomic E-state index is 12.7. The van der Waals surface area contributed by atoms with Crippen LogP contribution >= 0.6 is 22.9 Å². The molecule has 2 aromatic carbocycles. The maximum Gasteiger partial charge on any atom is 0.261 e. The SMILES string of the molecule is O=C(CCn1cnc2ccccc2c1=O)N1CCN(Cc2csc(-c3ccc(Cl)cc3)n2)CC1. The smallest absolute Gasteiger partial charge is 0.261 e. The molecule has 174 valence electrons. The number of hydrogen-bond acceptors (Lipinski definition) is 6. The predicted molar refractivity (Wildman–Crippen MR) is 135 cm³/mol. The minimum atomic E-state index is -0.107. The van der Waals surface area contributed by atoms with Gasteiger partial charge in [0.15, 0.2) is 0 Å². The number of carbonyl (C=O) groups is 1. The number of benzene rings is 2. The normalized spacial score (nSPS) is 14.6. The lowest BCUT2D eigenvalue weighted by molar-refractivity contribution is -0.133. The number of amides is 1. The minimum Gasteiger partial charge on any atom is -0.340 e. The second-order valence-corrected chi connectivity index (χ2v) is 9.61. The number of fused-ring (bicyclic) bond motifs is 1. The van der Waals surface area contributed by atoms with E-state index < -0.39 is 0 Å². The van der Waals surface area contributed by atoms with Gasteiger partial charge in [0.2, 0.25) is 5.91 Å². The van der Waals surface area contributed by atoms with Crippen molar-refractivity contribution < 1.29 is 4.79 Å². The van der Waals surface area contributed by atoms with Crippen LogP contribution in [0.3, 0.4) is 0 Å². The molecule has 0 spiro atoms. The van der Waals surface area contributed by atoms with Gasteiger partial charge >= 0.3 is 0 Å². The Morgan fingerprint density at radius 1 is 1.03 bits per heavy atom. The summed E-state index contributed by atoms with van der Waals surface area (Å²) in [4.78, 5) is 38.7. The van der Waals surface area contributed by atoms with Gasteiger partial charge in [-0.25, -0.2) is 9.97 Å². The Labute approximate surface area is 206 Å². The Morgan fingerprint density at radius 2 is 1.79 bits per heavy atom. The number of nitrogens with zero attached hydrogens (tertiary/aromatic N) is 5. The van der Waals surface area contributed by atoms with Crippen LogP contribution in [0.15, 0.2) is 65.0 Å². The van der Waals surface area contributed by atoms with Crippen molar-refractivity contribution in [3.05, 3.63) is 81.3 Å². The van der Waals surface area contributed by atoms with Crippen molar-refractivity contribution in [3.63, 3.8) is 0 Å². The molecule has 0 saturated carbocycles. The quantitative estimate of drug-likeness (QED) is 0.407. The fraction of sp³-hybridized carbons (Fsp3) is 0.280. The van der Waals surface area contributed by atoms with Gasteiger partial charge in [-0.2, -0.15) is 0 Å². The summed E-state index contributed by atoms with van der Waals surface area (Å²) in [7, 11) is 0. The molecule has 1 saturated heterocycles. The molecule has 7 nitrogen and oxygen atoms in total. The van der Waals surface area contributed by atoms with Gasteiger partial charge in [-0.05, 0) is 24.3 Å². The van der Waals surface area contributed by atoms with Gasteiger partial charge in [0.05, 0.1) is 22.9 Å². The molecule has 0 unspecified atom stereocenters. The zero-order chi connectivity index (χ0) is 23.5. The van der Waals surface area contributed by atoms with Gasteiger partial charge in [0, 0.05) is 61.7 Å². The van der Waals surface area contributed by atoms with Crippen LogP contribution in [-0.2, 0) is 17.9 Å². The van der Waals surface area contributed by atoms with E-state index in [1.165, 1.54) is 10.9 Å². The Bertz CT molecular complexity index is 1360. The number of aryl methyl sites for hydroxylation is 1. The third kappa shape index (κ3) is 5.04. The topological polar surface area (TPSA) is 71.3 Å². The molecule has 4 aromatic rings. The van der Waals surface area contributed by atoms with Crippen molar-refractivity contribution in [2.24, 2.45) is 0 Å². The Balaban J connectivity index is 1.12. The van der Waals surface area contributed by atoms with E-state index in [1.807, 2.05) is 47.4 Å². The summed E-state index contributed by atoms with van der Waals surface area (Å²) < 4.78 is 1.52. The van der Waals surface area contributed by atoms with Gasteiger partial charge < -0.3 is 4.90 Å². The highest BCUT2D eigenvalue weighted by Crippen LogP contribution is 2.25. The molecular formula is C25H24ClN5O2S. The van der Waals surface area contributed by atoms with Crippen LogP contribution in [0.5, 0.6) is 0 Å². The van der Waals surface area contributed by atoms with E-state index in [2.05, 4.69) is 15.3 Å². The minimum absolute atomic E-state index is 0.0680. The monoisotopic (exact) mass is 493 g/mol. The number of carbonyl (C=O) groups excluding carboxylic acids is 1. The summed E-state index contributed by atoms with van der Waals surface area (Å²) in [5.74, 6) is 0.0680. The van der Waals surface area contributed by atoms with Crippen molar-refractivity contribution in [1.29, 1.82) is 0 Å². The molecule has 34 heavy (non-hydrogen) atoms. The number of hydrogen-bond donors (Lipinski definition) is 0. The fourth-order valence-electron chi connectivity index (χ4n) is 4.13. The van der Waals surface area contributed by atoms with Crippen LogP contribution in [0, 0.1) is 0 Å². The molecule has 1 aliphatic heterocycles. The summed E-state index contributed by atoms with van der Waals surface area (Å²) in [5, 5.41) is 4.37. The lowest BCUT2D eigenvalue weighted by atomic mass is 10.2. The predicted octanol–water partition coefficient (Wildman–Crippen LogP) is 3.91. The summed E-state index contributed by atoms with van der Waals surface area (Å²) in [6, 6.07) is 15.0. The van der Waals surface area contributed by atoms with E-state index in [4.69, 9.17) is 16.6 Å². The number of halogens is 1. The van der Waals surface area contributed by atoms with Crippen LogP contribution in [0.1, 0.15) is 12.1 Å². The van der Waals surface area contributed by atoms with Crippen molar-refractivity contribution in [3.8, 4) is 10.6 Å². The summed E-state index contributed by atoms with van der Waals surface area (Å²) in [6.45, 7) is 4.07. The highest BCUT2D eigenvalue weighted by Gasteiger charge is 2.22. The van der Waals surface area contributed by atoms with Gasteiger partial charge in [-0.1, -0.05) is 35.9 Å². The average Bonchev–Trinajstić information content (AvgIpc) is 3.33. The standard InChI is InChI=1S/C25H24ClN5O2S/c26-19-7-5-18(6-8-19)24-28-20(16-34-24)15-29-11-13-30(14-12-29)23(32)9-10-31-17-27-22-4-2-1-3-21(22)25(31)33/h1-8,16-17H,9-15H2. The van der Waals surface area contributed by atoms with Crippen LogP contribution in [0.25, 0.3) is 21.5 Å². The first kappa shape index (κ1) is 22.7. The molecule has 9 heteroatoms. The van der Waals surface area contributed by atoms with Crippen molar-refractivity contribution in [2.75, 3.05) is 26.2 Å². The molecule has 5 rings (SSSR count). The van der Waals surface area contributed by atoms with Crippen LogP contribution < -0.4 is 5.56 Å². The average molecular weight is 494 g/mol. The Morgan fingerprint density at radius 3 is 2.59 bits per heavy atom. The summed E-state index contributed by atoms with van der Waals surface area (Å²) in [6.07, 6.45) is 1.82. The summed E-state index contributed by atoms with van der Waals surface area (Å²) in [5.41, 5.74) is 2.67. The Kier molecular flexibility index (Phi) is 6.71. The molecular weight excluding hydrogens is 470 g/mol. The first-order valence-corrected chi connectivity index (χ1v) is 12.5. The lowest BCUT2D eigenvalue weighted by Gasteiger charge is -2.34. The van der Waals surface area contributed by atoms with E-state index >= 15 is 0 Å². The largest absolute Gasteiger partial charge is 0.340 e. The van der Waals surface area contributed by atoms with Crippen LogP contribution in [0.4, 0.5) is 0 Å². The zero-order valence-corrected chi connectivity index (χ0v) is 20.1. The second kappa shape index (κ2) is 10.0. The van der Waals surface area contributed by atoms with Gasteiger partial charge in [0.25, 0.3) is 5.56 Å². The number of rotatable bonds is 6. The molecule has 1 fully saturated rings. The number of para-hydroxylation sites is 1. The molecule has 0 atom stereocenters. The van der Waals surface area contributed by atoms with Gasteiger partial charge in [-0.3, -0.25) is 19.1 Å². The molecule has 0 bridgehead atoms. The molecule has 0 aliphatic carbocycles. The molecule has 1 amide bonds. The zero-order valence-electron chi connectivity index (χ0n) is 18.6.